The van der Waals surface area contributed by atoms with E-state index in [1.54, 1.807) is 24.3 Å². The summed E-state index contributed by atoms with van der Waals surface area (Å²) in [4.78, 5) is 25.2. The second kappa shape index (κ2) is 7.16. The van der Waals surface area contributed by atoms with Gasteiger partial charge in [0.15, 0.2) is 17.5 Å². The van der Waals surface area contributed by atoms with Crippen molar-refractivity contribution in [3.05, 3.63) is 65.0 Å². The molecular weight excluding hydrogens is 321 g/mol. The molecule has 2 aromatic carbocycles. The maximum atomic E-state index is 13.5. The first-order valence-corrected chi connectivity index (χ1v) is 7.05. The zero-order valence-electron chi connectivity index (χ0n) is 13.1. The molecule has 0 saturated carbocycles. The lowest BCUT2D eigenvalue weighted by atomic mass is 10.1. The van der Waals surface area contributed by atoms with Crippen molar-refractivity contribution in [3.8, 4) is 0 Å². The van der Waals surface area contributed by atoms with Gasteiger partial charge >= 0.3 is 0 Å². The lowest BCUT2D eigenvalue weighted by Crippen LogP contribution is -2.35. The molecule has 0 atom stereocenters. The molecule has 0 saturated heterocycles. The van der Waals surface area contributed by atoms with Crippen molar-refractivity contribution in [2.24, 2.45) is 0 Å². The van der Waals surface area contributed by atoms with Gasteiger partial charge in [0.2, 0.25) is 5.91 Å². The van der Waals surface area contributed by atoms with Gasteiger partial charge < -0.3 is 10.2 Å². The number of amides is 2. The number of likely N-dealkylation sites (N-methyl/N-ethyl adjacent to an activating group) is 1. The number of rotatable bonds is 4. The molecule has 0 heterocycles. The Bertz CT molecular complexity index is 776. The number of nitrogens with zero attached hydrogens (tertiary/aromatic N) is 1. The molecule has 2 aromatic rings. The Kier molecular flexibility index (Phi) is 5.23. The van der Waals surface area contributed by atoms with Crippen LogP contribution in [0.1, 0.15) is 15.9 Å². The fraction of sp³-hybridized carbons (Fsp3) is 0.176. The molecule has 2 amide bonds. The van der Waals surface area contributed by atoms with E-state index in [2.05, 4.69) is 5.32 Å². The van der Waals surface area contributed by atoms with E-state index in [1.165, 1.54) is 7.05 Å². The van der Waals surface area contributed by atoms with Crippen LogP contribution >= 0.6 is 0 Å². The molecule has 7 heteroatoms. The van der Waals surface area contributed by atoms with Crippen LogP contribution in [0.3, 0.4) is 0 Å². The summed E-state index contributed by atoms with van der Waals surface area (Å²) in [5.74, 6) is -5.64. The third-order valence-electron chi connectivity index (χ3n) is 3.34. The molecule has 0 aliphatic carbocycles. The number of carbonyl (C=O) groups excluding carboxylic acids is 2. The van der Waals surface area contributed by atoms with E-state index in [4.69, 9.17) is 0 Å². The highest BCUT2D eigenvalue weighted by Gasteiger charge is 2.18. The van der Waals surface area contributed by atoms with Crippen LogP contribution in [0.25, 0.3) is 0 Å². The van der Waals surface area contributed by atoms with Crippen molar-refractivity contribution < 1.29 is 22.8 Å². The van der Waals surface area contributed by atoms with Crippen molar-refractivity contribution in [1.82, 2.24) is 4.90 Å². The van der Waals surface area contributed by atoms with Gasteiger partial charge in [-0.05, 0) is 31.2 Å². The summed E-state index contributed by atoms with van der Waals surface area (Å²) in [5.41, 5.74) is 0.894. The third-order valence-corrected chi connectivity index (χ3v) is 3.34. The SMILES string of the molecule is Cc1ccc(C(=O)N(C)CC(=O)Nc2ccc(F)c(F)c2F)cc1. The van der Waals surface area contributed by atoms with Crippen LogP contribution in [-0.2, 0) is 4.79 Å². The van der Waals surface area contributed by atoms with Gasteiger partial charge in [0.05, 0.1) is 12.2 Å². The molecular formula is C17H15F3N2O2. The number of hydrogen-bond donors (Lipinski definition) is 1. The average Bonchev–Trinajstić information content (AvgIpc) is 2.55. The Morgan fingerprint density at radius 2 is 1.62 bits per heavy atom. The van der Waals surface area contributed by atoms with Gasteiger partial charge in [0.1, 0.15) is 0 Å². The summed E-state index contributed by atoms with van der Waals surface area (Å²) >= 11 is 0. The van der Waals surface area contributed by atoms with Gasteiger partial charge in [-0.3, -0.25) is 9.59 Å². The predicted molar refractivity (Wildman–Crippen MR) is 83.1 cm³/mol. The van der Waals surface area contributed by atoms with Crippen molar-refractivity contribution in [2.75, 3.05) is 18.9 Å². The highest BCUT2D eigenvalue weighted by Crippen LogP contribution is 2.19. The van der Waals surface area contributed by atoms with Crippen LogP contribution in [0.2, 0.25) is 0 Å². The second-order valence-electron chi connectivity index (χ2n) is 5.30. The average molecular weight is 336 g/mol. The van der Waals surface area contributed by atoms with Gasteiger partial charge in [-0.1, -0.05) is 17.7 Å². The van der Waals surface area contributed by atoms with Crippen molar-refractivity contribution in [2.45, 2.75) is 6.92 Å². The normalized spacial score (nSPS) is 10.4. The Hall–Kier alpha value is -2.83. The lowest BCUT2D eigenvalue weighted by Gasteiger charge is -2.17. The molecule has 2 rings (SSSR count). The van der Waals surface area contributed by atoms with E-state index < -0.39 is 35.0 Å². The van der Waals surface area contributed by atoms with Crippen LogP contribution in [0, 0.1) is 24.4 Å². The molecule has 1 N–H and O–H groups in total. The smallest absolute Gasteiger partial charge is 0.254 e. The fourth-order valence-electron chi connectivity index (χ4n) is 2.02. The highest BCUT2D eigenvalue weighted by atomic mass is 19.2. The summed E-state index contributed by atoms with van der Waals surface area (Å²) in [7, 11) is 1.41. The van der Waals surface area contributed by atoms with Crippen molar-refractivity contribution >= 4 is 17.5 Å². The Balaban J connectivity index is 2.03. The van der Waals surface area contributed by atoms with E-state index in [9.17, 15) is 22.8 Å². The summed E-state index contributed by atoms with van der Waals surface area (Å²) < 4.78 is 39.5. The van der Waals surface area contributed by atoms with E-state index >= 15 is 0 Å². The van der Waals surface area contributed by atoms with E-state index in [0.29, 0.717) is 11.6 Å². The molecule has 0 spiro atoms. The summed E-state index contributed by atoms with van der Waals surface area (Å²) in [5, 5.41) is 2.11. The van der Waals surface area contributed by atoms with E-state index in [-0.39, 0.29) is 6.54 Å². The van der Waals surface area contributed by atoms with E-state index in [1.807, 2.05) is 6.92 Å². The molecule has 0 aliphatic heterocycles. The van der Waals surface area contributed by atoms with Crippen LogP contribution in [0.5, 0.6) is 0 Å². The number of anilines is 1. The zero-order valence-corrected chi connectivity index (χ0v) is 13.1. The number of aryl methyl sites for hydroxylation is 1. The molecule has 0 unspecified atom stereocenters. The Labute approximate surface area is 136 Å². The quantitative estimate of drug-likeness (QED) is 0.872. The van der Waals surface area contributed by atoms with Gasteiger partial charge in [-0.25, -0.2) is 13.2 Å². The van der Waals surface area contributed by atoms with Gasteiger partial charge in [-0.15, -0.1) is 0 Å². The van der Waals surface area contributed by atoms with Crippen LogP contribution < -0.4 is 5.32 Å². The molecule has 0 fully saturated rings. The zero-order chi connectivity index (χ0) is 17.9. The monoisotopic (exact) mass is 336 g/mol. The number of hydrogen-bond acceptors (Lipinski definition) is 2. The predicted octanol–water partition coefficient (Wildman–Crippen LogP) is 3.12. The number of benzene rings is 2. The second-order valence-corrected chi connectivity index (χ2v) is 5.30. The highest BCUT2D eigenvalue weighted by molar-refractivity contribution is 5.99. The minimum atomic E-state index is -1.67. The van der Waals surface area contributed by atoms with Crippen LogP contribution in [-0.4, -0.2) is 30.3 Å². The maximum absolute atomic E-state index is 13.5. The molecule has 0 aliphatic rings. The third kappa shape index (κ3) is 3.92. The molecule has 0 bridgehead atoms. The van der Waals surface area contributed by atoms with Crippen LogP contribution in [0.4, 0.5) is 18.9 Å². The number of halogens is 3. The largest absolute Gasteiger partial charge is 0.332 e. The fourth-order valence-corrected chi connectivity index (χ4v) is 2.02. The molecule has 0 aromatic heterocycles. The first-order chi connectivity index (χ1) is 11.3. The maximum Gasteiger partial charge on any atom is 0.254 e. The number of nitrogens with one attached hydrogen (secondary N) is 1. The Morgan fingerprint density at radius 1 is 1.00 bits per heavy atom. The van der Waals surface area contributed by atoms with Crippen molar-refractivity contribution in [3.63, 3.8) is 0 Å². The number of carbonyl (C=O) groups is 2. The summed E-state index contributed by atoms with van der Waals surface area (Å²) in [6.45, 7) is 1.51. The molecule has 0 radical (unpaired) electrons. The molecule has 4 nitrogen and oxygen atoms in total. The lowest BCUT2D eigenvalue weighted by molar-refractivity contribution is -0.116. The van der Waals surface area contributed by atoms with Gasteiger partial charge in [0, 0.05) is 12.6 Å². The summed E-state index contributed by atoms with van der Waals surface area (Å²) in [6, 6.07) is 8.39. The van der Waals surface area contributed by atoms with Crippen molar-refractivity contribution in [1.29, 1.82) is 0 Å². The molecule has 24 heavy (non-hydrogen) atoms. The van der Waals surface area contributed by atoms with E-state index in [0.717, 1.165) is 16.5 Å². The minimum absolute atomic E-state index is 0.370. The first kappa shape index (κ1) is 17.5. The van der Waals surface area contributed by atoms with Gasteiger partial charge in [-0.2, -0.15) is 0 Å². The van der Waals surface area contributed by atoms with Gasteiger partial charge in [0.25, 0.3) is 5.91 Å². The topological polar surface area (TPSA) is 49.4 Å². The van der Waals surface area contributed by atoms with Crippen LogP contribution in [0.15, 0.2) is 36.4 Å². The standard InChI is InChI=1S/C17H15F3N2O2/c1-10-3-5-11(6-4-10)17(24)22(2)9-14(23)21-13-8-7-12(18)15(19)16(13)20/h3-8H,9H2,1-2H3,(H,21,23). The first-order valence-electron chi connectivity index (χ1n) is 7.05. The Morgan fingerprint density at radius 3 is 2.25 bits per heavy atom. The summed E-state index contributed by atoms with van der Waals surface area (Å²) in [6.07, 6.45) is 0. The molecule has 126 valence electrons. The minimum Gasteiger partial charge on any atom is -0.332 e.